The van der Waals surface area contributed by atoms with Gasteiger partial charge in [0.2, 0.25) is 0 Å². The van der Waals surface area contributed by atoms with Crippen LogP contribution in [0.3, 0.4) is 0 Å². The lowest BCUT2D eigenvalue weighted by Crippen LogP contribution is -1.88. The van der Waals surface area contributed by atoms with Crippen LogP contribution >= 0.6 is 11.8 Å². The van der Waals surface area contributed by atoms with Gasteiger partial charge in [0.05, 0.1) is 5.56 Å². The second kappa shape index (κ2) is 4.79. The van der Waals surface area contributed by atoms with Crippen LogP contribution in [0.25, 0.3) is 22.4 Å². The van der Waals surface area contributed by atoms with Gasteiger partial charge in [-0.15, -0.1) is 11.8 Å². The molecule has 0 aliphatic carbocycles. The number of nitrogens with zero attached hydrogens (tertiary/aromatic N) is 2. The first-order chi connectivity index (χ1) is 9.31. The van der Waals surface area contributed by atoms with Gasteiger partial charge in [-0.2, -0.15) is 5.26 Å². The summed E-state index contributed by atoms with van der Waals surface area (Å²) in [7, 11) is 0. The Balaban J connectivity index is 2.13. The average Bonchev–Trinajstić information content (AvgIpc) is 2.90. The summed E-state index contributed by atoms with van der Waals surface area (Å²) in [6, 6.07) is 15.5. The Morgan fingerprint density at radius 2 is 2.05 bits per heavy atom. The lowest BCUT2D eigenvalue weighted by atomic mass is 10.2. The molecule has 19 heavy (non-hydrogen) atoms. The number of rotatable bonds is 2. The predicted molar refractivity (Wildman–Crippen MR) is 75.9 cm³/mol. The molecule has 0 N–H and O–H groups in total. The van der Waals surface area contributed by atoms with Gasteiger partial charge < -0.3 is 4.42 Å². The lowest BCUT2D eigenvalue weighted by Gasteiger charge is -2.01. The molecule has 3 rings (SSSR count). The van der Waals surface area contributed by atoms with Crippen LogP contribution in [0.5, 0.6) is 0 Å². The van der Waals surface area contributed by atoms with Crippen molar-refractivity contribution in [2.24, 2.45) is 0 Å². The highest BCUT2D eigenvalue weighted by atomic mass is 32.2. The molecule has 0 aliphatic rings. The molecule has 3 nitrogen and oxygen atoms in total. The summed E-state index contributed by atoms with van der Waals surface area (Å²) in [6.07, 6.45) is 1.91. The quantitative estimate of drug-likeness (QED) is 0.655. The monoisotopic (exact) mass is 266 g/mol. The van der Waals surface area contributed by atoms with Crippen LogP contribution in [0, 0.1) is 11.3 Å². The number of furan rings is 1. The standard InChI is InChI=1S/C15H10N2OS/c1-19-15-11(9-16)6-7-12(17-15)14-8-10-4-2-3-5-13(10)18-14/h2-8H,1H3. The SMILES string of the molecule is CSc1nc(-c2cc3ccccc3o2)ccc1C#N. The molecule has 3 aromatic rings. The van der Waals surface area contributed by atoms with Crippen molar-refractivity contribution < 1.29 is 4.42 Å². The fourth-order valence-electron chi connectivity index (χ4n) is 1.93. The first-order valence-corrected chi connectivity index (χ1v) is 6.98. The molecule has 0 atom stereocenters. The van der Waals surface area contributed by atoms with Crippen molar-refractivity contribution in [3.63, 3.8) is 0 Å². The Morgan fingerprint density at radius 1 is 1.21 bits per heavy atom. The summed E-state index contributed by atoms with van der Waals surface area (Å²) in [5.41, 5.74) is 2.18. The van der Waals surface area contributed by atoms with Crippen molar-refractivity contribution in [1.82, 2.24) is 4.98 Å². The van der Waals surface area contributed by atoms with Gasteiger partial charge in [0.1, 0.15) is 22.4 Å². The first kappa shape index (κ1) is 11.8. The molecule has 92 valence electrons. The van der Waals surface area contributed by atoms with E-state index in [0.717, 1.165) is 27.4 Å². The van der Waals surface area contributed by atoms with Crippen LogP contribution in [-0.2, 0) is 0 Å². The number of thioether (sulfide) groups is 1. The number of para-hydroxylation sites is 1. The fraction of sp³-hybridized carbons (Fsp3) is 0.0667. The summed E-state index contributed by atoms with van der Waals surface area (Å²) >= 11 is 1.46. The maximum atomic E-state index is 9.00. The van der Waals surface area contributed by atoms with Crippen LogP contribution in [0.1, 0.15) is 5.56 Å². The van der Waals surface area contributed by atoms with E-state index in [1.54, 1.807) is 6.07 Å². The number of pyridine rings is 1. The van der Waals surface area contributed by atoms with Gasteiger partial charge in [-0.1, -0.05) is 18.2 Å². The molecule has 2 aromatic heterocycles. The third-order valence-electron chi connectivity index (χ3n) is 2.85. The molecule has 0 fully saturated rings. The highest BCUT2D eigenvalue weighted by Crippen LogP contribution is 2.28. The van der Waals surface area contributed by atoms with E-state index < -0.39 is 0 Å². The molecule has 0 unspecified atom stereocenters. The van der Waals surface area contributed by atoms with Crippen LogP contribution in [0.15, 0.2) is 51.9 Å². The summed E-state index contributed by atoms with van der Waals surface area (Å²) in [4.78, 5) is 4.47. The van der Waals surface area contributed by atoms with Crippen LogP contribution in [0.4, 0.5) is 0 Å². The summed E-state index contributed by atoms with van der Waals surface area (Å²) in [5, 5.41) is 10.8. The summed E-state index contributed by atoms with van der Waals surface area (Å²) in [6.45, 7) is 0. The number of hydrogen-bond acceptors (Lipinski definition) is 4. The molecule has 0 radical (unpaired) electrons. The minimum atomic E-state index is 0.590. The van der Waals surface area contributed by atoms with Gasteiger partial charge in [0.15, 0.2) is 5.76 Å². The molecule has 0 bridgehead atoms. The molecular weight excluding hydrogens is 256 g/mol. The van der Waals surface area contributed by atoms with Gasteiger partial charge in [0.25, 0.3) is 0 Å². The summed E-state index contributed by atoms with van der Waals surface area (Å²) < 4.78 is 5.77. The van der Waals surface area contributed by atoms with E-state index in [2.05, 4.69) is 11.1 Å². The Hall–Kier alpha value is -2.25. The van der Waals surface area contributed by atoms with Crippen molar-refractivity contribution >= 4 is 22.7 Å². The molecule has 2 heterocycles. The second-order valence-electron chi connectivity index (χ2n) is 4.01. The first-order valence-electron chi connectivity index (χ1n) is 5.76. The largest absolute Gasteiger partial charge is 0.454 e. The molecular formula is C15H10N2OS. The Bertz CT molecular complexity index is 753. The smallest absolute Gasteiger partial charge is 0.153 e. The number of hydrogen-bond donors (Lipinski definition) is 0. The highest BCUT2D eigenvalue weighted by molar-refractivity contribution is 7.98. The van der Waals surface area contributed by atoms with Crippen molar-refractivity contribution in [3.05, 3.63) is 48.0 Å². The molecule has 0 amide bonds. The minimum Gasteiger partial charge on any atom is -0.454 e. The van der Waals surface area contributed by atoms with E-state index in [-0.39, 0.29) is 0 Å². The molecule has 0 aliphatic heterocycles. The van der Waals surface area contributed by atoms with E-state index in [4.69, 9.17) is 9.68 Å². The minimum absolute atomic E-state index is 0.590. The molecule has 0 saturated carbocycles. The summed E-state index contributed by atoms with van der Waals surface area (Å²) in [5.74, 6) is 0.723. The van der Waals surface area contributed by atoms with Gasteiger partial charge >= 0.3 is 0 Å². The van der Waals surface area contributed by atoms with E-state index >= 15 is 0 Å². The van der Waals surface area contributed by atoms with Crippen molar-refractivity contribution in [2.45, 2.75) is 5.03 Å². The van der Waals surface area contributed by atoms with E-state index in [9.17, 15) is 0 Å². The zero-order valence-corrected chi connectivity index (χ0v) is 11.1. The average molecular weight is 266 g/mol. The van der Waals surface area contributed by atoms with Crippen LogP contribution in [-0.4, -0.2) is 11.2 Å². The molecule has 0 spiro atoms. The third-order valence-corrected chi connectivity index (χ3v) is 3.55. The number of benzene rings is 1. The van der Waals surface area contributed by atoms with Crippen molar-refractivity contribution in [2.75, 3.05) is 6.26 Å². The van der Waals surface area contributed by atoms with E-state index in [1.165, 1.54) is 11.8 Å². The maximum Gasteiger partial charge on any atom is 0.153 e. The number of nitriles is 1. The van der Waals surface area contributed by atoms with Gasteiger partial charge in [-0.3, -0.25) is 0 Å². The maximum absolute atomic E-state index is 9.00. The van der Waals surface area contributed by atoms with Crippen molar-refractivity contribution in [1.29, 1.82) is 5.26 Å². The van der Waals surface area contributed by atoms with Crippen molar-refractivity contribution in [3.8, 4) is 17.5 Å². The zero-order valence-electron chi connectivity index (χ0n) is 10.3. The predicted octanol–water partition coefficient (Wildman–Crippen LogP) is 4.09. The Morgan fingerprint density at radius 3 is 2.79 bits per heavy atom. The normalized spacial score (nSPS) is 10.5. The van der Waals surface area contributed by atoms with Crippen LogP contribution < -0.4 is 0 Å². The lowest BCUT2D eigenvalue weighted by molar-refractivity contribution is 0.628. The second-order valence-corrected chi connectivity index (χ2v) is 4.81. The Kier molecular flexibility index (Phi) is 2.98. The zero-order chi connectivity index (χ0) is 13.2. The number of aromatic nitrogens is 1. The molecule has 1 aromatic carbocycles. The van der Waals surface area contributed by atoms with Gasteiger partial charge in [-0.25, -0.2) is 4.98 Å². The highest BCUT2D eigenvalue weighted by Gasteiger charge is 2.10. The van der Waals surface area contributed by atoms with Crippen LogP contribution in [0.2, 0.25) is 0 Å². The number of fused-ring (bicyclic) bond motifs is 1. The van der Waals surface area contributed by atoms with Gasteiger partial charge in [-0.05, 0) is 30.5 Å². The van der Waals surface area contributed by atoms with E-state index in [0.29, 0.717) is 5.56 Å². The van der Waals surface area contributed by atoms with Gasteiger partial charge in [0, 0.05) is 5.39 Å². The fourth-order valence-corrected chi connectivity index (χ4v) is 2.45. The van der Waals surface area contributed by atoms with E-state index in [1.807, 2.05) is 42.7 Å². The topological polar surface area (TPSA) is 49.8 Å². The molecule has 0 saturated heterocycles. The Labute approximate surface area is 114 Å². The third kappa shape index (κ3) is 2.09. The molecule has 4 heteroatoms.